The lowest BCUT2D eigenvalue weighted by atomic mass is 9.94. The fourth-order valence-corrected chi connectivity index (χ4v) is 1.73. The van der Waals surface area contributed by atoms with Crippen LogP contribution in [0.3, 0.4) is 0 Å². The lowest BCUT2D eigenvalue weighted by Gasteiger charge is -2.20. The van der Waals surface area contributed by atoms with Gasteiger partial charge in [-0.05, 0) is 50.3 Å². The van der Waals surface area contributed by atoms with Crippen LogP contribution < -0.4 is 5.73 Å². The van der Waals surface area contributed by atoms with E-state index in [4.69, 9.17) is 5.73 Å². The third-order valence-corrected chi connectivity index (χ3v) is 3.07. The molecule has 3 nitrogen and oxygen atoms in total. The van der Waals surface area contributed by atoms with E-state index in [2.05, 4.69) is 0 Å². The minimum Gasteiger partial charge on any atom is -0.399 e. The summed E-state index contributed by atoms with van der Waals surface area (Å²) in [6.07, 6.45) is 1.92. The zero-order valence-corrected chi connectivity index (χ0v) is 10.9. The Kier molecular flexibility index (Phi) is 4.54. The number of nitrogens with two attached hydrogens (primary N) is 1. The van der Waals surface area contributed by atoms with Crippen molar-refractivity contribution in [1.29, 1.82) is 0 Å². The second-order valence-electron chi connectivity index (χ2n) is 5.07. The van der Waals surface area contributed by atoms with E-state index in [0.29, 0.717) is 6.42 Å². The Morgan fingerprint density at radius 1 is 1.35 bits per heavy atom. The zero-order valence-electron chi connectivity index (χ0n) is 10.9. The summed E-state index contributed by atoms with van der Waals surface area (Å²) in [5.41, 5.74) is 7.62. The third kappa shape index (κ3) is 4.02. The SMILES string of the molecule is CCC(O)CCc1cc(C(C)(C)O)ccc1N. The number of hydrogen-bond acceptors (Lipinski definition) is 3. The van der Waals surface area contributed by atoms with Crippen LogP contribution in [-0.4, -0.2) is 16.3 Å². The van der Waals surface area contributed by atoms with E-state index in [1.165, 1.54) is 0 Å². The van der Waals surface area contributed by atoms with E-state index in [0.717, 1.165) is 29.7 Å². The van der Waals surface area contributed by atoms with Gasteiger partial charge in [-0.3, -0.25) is 0 Å². The molecule has 17 heavy (non-hydrogen) atoms. The fraction of sp³-hybridized carbons (Fsp3) is 0.571. The first-order valence-corrected chi connectivity index (χ1v) is 6.14. The molecule has 3 heteroatoms. The van der Waals surface area contributed by atoms with Crippen LogP contribution in [0.25, 0.3) is 0 Å². The number of aryl methyl sites for hydroxylation is 1. The average molecular weight is 237 g/mol. The van der Waals surface area contributed by atoms with Crippen molar-refractivity contribution in [3.63, 3.8) is 0 Å². The first-order chi connectivity index (χ1) is 7.84. The lowest BCUT2D eigenvalue weighted by Crippen LogP contribution is -2.16. The van der Waals surface area contributed by atoms with E-state index in [1.54, 1.807) is 13.8 Å². The van der Waals surface area contributed by atoms with Crippen LogP contribution >= 0.6 is 0 Å². The molecule has 0 aliphatic carbocycles. The zero-order chi connectivity index (χ0) is 13.1. The van der Waals surface area contributed by atoms with Gasteiger partial charge in [0.25, 0.3) is 0 Å². The van der Waals surface area contributed by atoms with Gasteiger partial charge in [-0.1, -0.05) is 19.1 Å². The fourth-order valence-electron chi connectivity index (χ4n) is 1.73. The molecular formula is C14H23NO2. The number of anilines is 1. The molecule has 1 rings (SSSR count). The summed E-state index contributed by atoms with van der Waals surface area (Å²) >= 11 is 0. The quantitative estimate of drug-likeness (QED) is 0.688. The molecule has 0 aliphatic rings. The van der Waals surface area contributed by atoms with Crippen LogP contribution in [-0.2, 0) is 12.0 Å². The Bertz CT molecular complexity index is 369. The van der Waals surface area contributed by atoms with Crippen LogP contribution in [0.5, 0.6) is 0 Å². The summed E-state index contributed by atoms with van der Waals surface area (Å²) in [6, 6.07) is 5.59. The summed E-state index contributed by atoms with van der Waals surface area (Å²) < 4.78 is 0. The van der Waals surface area contributed by atoms with Crippen LogP contribution in [0.1, 0.15) is 44.7 Å². The predicted octanol–water partition coefficient (Wildman–Crippen LogP) is 2.20. The Balaban J connectivity index is 2.84. The van der Waals surface area contributed by atoms with Gasteiger partial charge in [-0.15, -0.1) is 0 Å². The second-order valence-corrected chi connectivity index (χ2v) is 5.07. The van der Waals surface area contributed by atoms with E-state index < -0.39 is 5.60 Å². The normalized spacial score (nSPS) is 13.7. The molecule has 1 unspecified atom stereocenters. The number of hydrogen-bond donors (Lipinski definition) is 3. The van der Waals surface area contributed by atoms with Gasteiger partial charge >= 0.3 is 0 Å². The van der Waals surface area contributed by atoms with Crippen molar-refractivity contribution >= 4 is 5.69 Å². The van der Waals surface area contributed by atoms with Crippen molar-refractivity contribution in [3.05, 3.63) is 29.3 Å². The van der Waals surface area contributed by atoms with Gasteiger partial charge < -0.3 is 15.9 Å². The van der Waals surface area contributed by atoms with Crippen molar-refractivity contribution in [2.24, 2.45) is 0 Å². The first-order valence-electron chi connectivity index (χ1n) is 6.14. The lowest BCUT2D eigenvalue weighted by molar-refractivity contribution is 0.0785. The van der Waals surface area contributed by atoms with Crippen molar-refractivity contribution in [1.82, 2.24) is 0 Å². The predicted molar refractivity (Wildman–Crippen MR) is 70.7 cm³/mol. The summed E-state index contributed by atoms with van der Waals surface area (Å²) in [5, 5.41) is 19.5. The molecule has 0 amide bonds. The summed E-state index contributed by atoms with van der Waals surface area (Å²) in [6.45, 7) is 5.47. The molecule has 0 aliphatic heterocycles. The third-order valence-electron chi connectivity index (χ3n) is 3.07. The molecular weight excluding hydrogens is 214 g/mol. The Morgan fingerprint density at radius 2 is 2.00 bits per heavy atom. The number of aliphatic hydroxyl groups excluding tert-OH is 1. The topological polar surface area (TPSA) is 66.5 Å². The molecule has 0 radical (unpaired) electrons. The molecule has 1 atom stereocenters. The summed E-state index contributed by atoms with van der Waals surface area (Å²) in [7, 11) is 0. The smallest absolute Gasteiger partial charge is 0.0840 e. The molecule has 0 spiro atoms. The van der Waals surface area contributed by atoms with Gasteiger partial charge in [-0.2, -0.15) is 0 Å². The largest absolute Gasteiger partial charge is 0.399 e. The Morgan fingerprint density at radius 3 is 2.53 bits per heavy atom. The maximum absolute atomic E-state index is 9.94. The molecule has 0 saturated carbocycles. The van der Waals surface area contributed by atoms with E-state index in [1.807, 2.05) is 25.1 Å². The standard InChI is InChI=1S/C14H23NO2/c1-4-12(16)7-5-10-9-11(14(2,3)17)6-8-13(10)15/h6,8-9,12,16-17H,4-5,7,15H2,1-3H3. The first kappa shape index (κ1) is 14.0. The maximum Gasteiger partial charge on any atom is 0.0840 e. The molecule has 4 N–H and O–H groups in total. The van der Waals surface area contributed by atoms with Gasteiger partial charge in [-0.25, -0.2) is 0 Å². The van der Waals surface area contributed by atoms with Crippen LogP contribution in [0.4, 0.5) is 5.69 Å². The van der Waals surface area contributed by atoms with Crippen LogP contribution in [0, 0.1) is 0 Å². The highest BCUT2D eigenvalue weighted by molar-refractivity contribution is 5.49. The van der Waals surface area contributed by atoms with Crippen molar-refractivity contribution < 1.29 is 10.2 Å². The minimum absolute atomic E-state index is 0.278. The van der Waals surface area contributed by atoms with Crippen LogP contribution in [0.15, 0.2) is 18.2 Å². The van der Waals surface area contributed by atoms with E-state index >= 15 is 0 Å². The summed E-state index contributed by atoms with van der Waals surface area (Å²) in [4.78, 5) is 0. The van der Waals surface area contributed by atoms with Gasteiger partial charge in [0, 0.05) is 5.69 Å². The van der Waals surface area contributed by atoms with Crippen molar-refractivity contribution in [2.45, 2.75) is 51.7 Å². The van der Waals surface area contributed by atoms with E-state index in [9.17, 15) is 10.2 Å². The monoisotopic (exact) mass is 237 g/mol. The molecule has 0 bridgehead atoms. The Labute approximate surface area is 103 Å². The summed E-state index contributed by atoms with van der Waals surface area (Å²) in [5.74, 6) is 0. The molecule has 0 fully saturated rings. The van der Waals surface area contributed by atoms with Gasteiger partial charge in [0.05, 0.1) is 11.7 Å². The number of benzene rings is 1. The maximum atomic E-state index is 9.94. The van der Waals surface area contributed by atoms with Gasteiger partial charge in [0.15, 0.2) is 0 Å². The number of nitrogen functional groups attached to an aromatic ring is 1. The highest BCUT2D eigenvalue weighted by Gasteiger charge is 2.17. The molecule has 0 saturated heterocycles. The average Bonchev–Trinajstić information content (AvgIpc) is 2.26. The minimum atomic E-state index is -0.855. The van der Waals surface area contributed by atoms with Crippen LogP contribution in [0.2, 0.25) is 0 Å². The molecule has 1 aromatic carbocycles. The molecule has 0 aromatic heterocycles. The van der Waals surface area contributed by atoms with E-state index in [-0.39, 0.29) is 6.10 Å². The highest BCUT2D eigenvalue weighted by atomic mass is 16.3. The second kappa shape index (κ2) is 5.52. The van der Waals surface area contributed by atoms with Gasteiger partial charge in [0.1, 0.15) is 0 Å². The number of aliphatic hydroxyl groups is 2. The molecule has 0 heterocycles. The Hall–Kier alpha value is -1.06. The molecule has 96 valence electrons. The van der Waals surface area contributed by atoms with Gasteiger partial charge in [0.2, 0.25) is 0 Å². The highest BCUT2D eigenvalue weighted by Crippen LogP contribution is 2.24. The van der Waals surface area contributed by atoms with Crippen molar-refractivity contribution in [3.8, 4) is 0 Å². The van der Waals surface area contributed by atoms with Crippen molar-refractivity contribution in [2.75, 3.05) is 5.73 Å². The number of rotatable bonds is 5. The molecule has 1 aromatic rings.